The topological polar surface area (TPSA) is 118 Å². The molecule has 1 aromatic carbocycles. The molecular weight excluding hydrogens is 336 g/mol. The largest absolute Gasteiger partial charge is 1.00 e. The third-order valence-corrected chi connectivity index (χ3v) is 2.96. The number of hydrogen-bond donors (Lipinski definition) is 3. The van der Waals surface area contributed by atoms with Crippen LogP contribution in [0.4, 0.5) is 5.95 Å². The number of nitrogen functional groups attached to an aromatic ring is 1. The standard InChI is InChI=1S/C14H18N6O3.ClH/c1-4-13-17-19-14(20(13)15)18-16-8-10-5-6-11(23-9(2)21)12(7-10)22-3;/h5-8H,4,15H2,1-3H3,(H,18,19);1H. The first-order chi connectivity index (χ1) is 11.0. The fourth-order valence-electron chi connectivity index (χ4n) is 1.85. The average molecular weight is 355 g/mol. The van der Waals surface area contributed by atoms with Crippen molar-refractivity contribution in [2.24, 2.45) is 5.10 Å². The van der Waals surface area contributed by atoms with E-state index in [9.17, 15) is 4.79 Å². The van der Waals surface area contributed by atoms with Crippen molar-refractivity contribution in [3.05, 3.63) is 29.6 Å². The number of benzene rings is 1. The highest BCUT2D eigenvalue weighted by Crippen LogP contribution is 2.27. The van der Waals surface area contributed by atoms with Crippen LogP contribution in [0.1, 0.15) is 25.2 Å². The Bertz CT molecular complexity index is 731. The van der Waals surface area contributed by atoms with E-state index in [4.69, 9.17) is 15.3 Å². The minimum atomic E-state index is -0.413. The third-order valence-electron chi connectivity index (χ3n) is 2.96. The lowest BCUT2D eigenvalue weighted by Crippen LogP contribution is -3.00. The maximum Gasteiger partial charge on any atom is 0.421 e. The lowest BCUT2D eigenvalue weighted by atomic mass is 10.2. The molecule has 0 spiro atoms. The van der Waals surface area contributed by atoms with Crippen molar-refractivity contribution in [2.45, 2.75) is 20.3 Å². The van der Waals surface area contributed by atoms with E-state index in [1.807, 2.05) is 6.92 Å². The smallest absolute Gasteiger partial charge is 0.421 e. The van der Waals surface area contributed by atoms with Crippen LogP contribution in [-0.2, 0) is 11.2 Å². The second-order valence-electron chi connectivity index (χ2n) is 4.59. The Morgan fingerprint density at radius 3 is 2.83 bits per heavy atom. The van der Waals surface area contributed by atoms with Crippen LogP contribution in [0.25, 0.3) is 0 Å². The molecule has 0 bridgehead atoms. The molecule has 130 valence electrons. The van der Waals surface area contributed by atoms with Gasteiger partial charge in [0, 0.05) is 18.4 Å². The van der Waals surface area contributed by atoms with Crippen molar-refractivity contribution in [2.75, 3.05) is 18.4 Å². The van der Waals surface area contributed by atoms with Crippen molar-refractivity contribution in [1.82, 2.24) is 10.2 Å². The molecule has 2 aromatic rings. The number of esters is 1. The summed E-state index contributed by atoms with van der Waals surface area (Å²) in [6.07, 6.45) is 2.30. The number of methoxy groups -OCH3 is 1. The van der Waals surface area contributed by atoms with Crippen LogP contribution >= 0.6 is 0 Å². The number of rotatable bonds is 6. The van der Waals surface area contributed by atoms with E-state index in [-0.39, 0.29) is 12.4 Å². The fraction of sp³-hybridized carbons (Fsp3) is 0.286. The van der Waals surface area contributed by atoms with Gasteiger partial charge in [0.15, 0.2) is 11.5 Å². The van der Waals surface area contributed by atoms with Gasteiger partial charge in [0.25, 0.3) is 0 Å². The van der Waals surface area contributed by atoms with Gasteiger partial charge in [-0.15, -0.1) is 9.78 Å². The summed E-state index contributed by atoms with van der Waals surface area (Å²) < 4.78 is 11.6. The molecule has 0 aliphatic heterocycles. The summed E-state index contributed by atoms with van der Waals surface area (Å²) in [5, 5.41) is 10.9. The molecule has 1 heterocycles. The highest BCUT2D eigenvalue weighted by atomic mass is 35.5. The Balaban J connectivity index is 0.00000288. The summed E-state index contributed by atoms with van der Waals surface area (Å²) in [4.78, 5) is 11.0. The summed E-state index contributed by atoms with van der Waals surface area (Å²) >= 11 is 0. The van der Waals surface area contributed by atoms with Crippen LogP contribution in [0.2, 0.25) is 0 Å². The molecule has 2 rings (SSSR count). The SMILES string of the molecule is CCc1[nH]nc(NN=Cc2ccc(OC(C)=O)c(OC)c2)[n+]1N.[Cl-]. The summed E-state index contributed by atoms with van der Waals surface area (Å²) in [6, 6.07) is 5.07. The molecule has 0 radical (unpaired) electrons. The maximum atomic E-state index is 11.0. The Kier molecular flexibility index (Phi) is 6.99. The Hall–Kier alpha value is -2.81. The number of nitrogens with one attached hydrogen (secondary N) is 2. The molecule has 4 N–H and O–H groups in total. The first-order valence-electron chi connectivity index (χ1n) is 6.95. The second-order valence-corrected chi connectivity index (χ2v) is 4.59. The lowest BCUT2D eigenvalue weighted by Gasteiger charge is -2.08. The molecule has 0 saturated carbocycles. The van der Waals surface area contributed by atoms with Gasteiger partial charge >= 0.3 is 11.9 Å². The van der Waals surface area contributed by atoms with E-state index in [0.717, 1.165) is 17.8 Å². The fourth-order valence-corrected chi connectivity index (χ4v) is 1.85. The number of ether oxygens (including phenoxy) is 2. The first-order valence-corrected chi connectivity index (χ1v) is 6.95. The van der Waals surface area contributed by atoms with Crippen LogP contribution in [0.15, 0.2) is 23.3 Å². The predicted octanol–water partition coefficient (Wildman–Crippen LogP) is -2.64. The van der Waals surface area contributed by atoms with Gasteiger partial charge in [-0.2, -0.15) is 10.5 Å². The van der Waals surface area contributed by atoms with Crippen molar-refractivity contribution in [3.63, 3.8) is 0 Å². The second kappa shape index (κ2) is 8.73. The zero-order valence-corrected chi connectivity index (χ0v) is 14.3. The molecule has 0 amide bonds. The molecule has 0 unspecified atom stereocenters. The Morgan fingerprint density at radius 1 is 1.50 bits per heavy atom. The molecule has 24 heavy (non-hydrogen) atoms. The van der Waals surface area contributed by atoms with Crippen LogP contribution in [-0.4, -0.2) is 29.5 Å². The predicted molar refractivity (Wildman–Crippen MR) is 83.8 cm³/mol. The van der Waals surface area contributed by atoms with Crippen molar-refractivity contribution in [3.8, 4) is 11.5 Å². The van der Waals surface area contributed by atoms with Crippen LogP contribution in [0, 0.1) is 0 Å². The van der Waals surface area contributed by atoms with Gasteiger partial charge in [0.2, 0.25) is 5.82 Å². The quantitative estimate of drug-likeness (QED) is 0.130. The number of hydrazone groups is 1. The van der Waals surface area contributed by atoms with Crippen LogP contribution in [0.5, 0.6) is 11.5 Å². The van der Waals surface area contributed by atoms with Gasteiger partial charge in [0.1, 0.15) is 0 Å². The molecule has 1 aromatic heterocycles. The van der Waals surface area contributed by atoms with Crippen molar-refractivity contribution >= 4 is 18.1 Å². The molecule has 10 heteroatoms. The van der Waals surface area contributed by atoms with E-state index < -0.39 is 5.97 Å². The molecule has 9 nitrogen and oxygen atoms in total. The van der Waals surface area contributed by atoms with Gasteiger partial charge in [-0.25, -0.2) is 0 Å². The zero-order chi connectivity index (χ0) is 16.8. The number of aryl methyl sites for hydroxylation is 1. The van der Waals surface area contributed by atoms with E-state index in [2.05, 4.69) is 20.7 Å². The molecule has 0 aliphatic carbocycles. The normalized spacial score (nSPS) is 10.3. The Labute approximate surface area is 145 Å². The summed E-state index contributed by atoms with van der Waals surface area (Å²) in [5.41, 5.74) is 3.49. The number of aromatic nitrogens is 3. The van der Waals surface area contributed by atoms with Gasteiger partial charge in [-0.3, -0.25) is 10.6 Å². The van der Waals surface area contributed by atoms with Gasteiger partial charge < -0.3 is 21.9 Å². The monoisotopic (exact) mass is 354 g/mol. The zero-order valence-electron chi connectivity index (χ0n) is 13.5. The van der Waals surface area contributed by atoms with Crippen molar-refractivity contribution < 1.29 is 31.4 Å². The summed E-state index contributed by atoms with van der Waals surface area (Å²) in [6.45, 7) is 3.29. The van der Waals surface area contributed by atoms with Gasteiger partial charge in [-0.05, 0) is 23.8 Å². The molecule has 0 aliphatic rings. The van der Waals surface area contributed by atoms with E-state index in [1.165, 1.54) is 18.7 Å². The number of hydrogen-bond acceptors (Lipinski definition) is 7. The number of anilines is 1. The number of carbonyl (C=O) groups excluding carboxylic acids is 1. The minimum Gasteiger partial charge on any atom is -1.00 e. The highest BCUT2D eigenvalue weighted by molar-refractivity contribution is 5.81. The number of H-pyrrole nitrogens is 1. The number of aromatic amines is 1. The number of nitrogens with zero attached hydrogens (tertiary/aromatic N) is 3. The van der Waals surface area contributed by atoms with Crippen LogP contribution in [0.3, 0.4) is 0 Å². The third kappa shape index (κ3) is 4.59. The number of carbonyl (C=O) groups is 1. The van der Waals surface area contributed by atoms with Gasteiger partial charge in [-0.1, -0.05) is 6.92 Å². The molecule has 0 atom stereocenters. The highest BCUT2D eigenvalue weighted by Gasteiger charge is 2.14. The summed E-state index contributed by atoms with van der Waals surface area (Å²) in [5.74, 6) is 7.36. The van der Waals surface area contributed by atoms with Crippen LogP contribution < -0.4 is 37.8 Å². The number of nitrogens with two attached hydrogens (primary N) is 1. The van der Waals surface area contributed by atoms with E-state index in [1.54, 1.807) is 24.4 Å². The van der Waals surface area contributed by atoms with E-state index in [0.29, 0.717) is 17.4 Å². The number of halogens is 1. The molecule has 0 fully saturated rings. The molecular formula is C14H19ClN6O3. The first kappa shape index (κ1) is 19.2. The van der Waals surface area contributed by atoms with Gasteiger partial charge in [0.05, 0.1) is 13.3 Å². The van der Waals surface area contributed by atoms with E-state index >= 15 is 0 Å². The molecule has 0 saturated heterocycles. The lowest BCUT2D eigenvalue weighted by molar-refractivity contribution is -0.632. The minimum absolute atomic E-state index is 0. The Morgan fingerprint density at radius 2 is 2.25 bits per heavy atom. The maximum absolute atomic E-state index is 11.0. The van der Waals surface area contributed by atoms with Crippen molar-refractivity contribution in [1.29, 1.82) is 0 Å². The average Bonchev–Trinajstić information content (AvgIpc) is 2.88. The summed E-state index contributed by atoms with van der Waals surface area (Å²) in [7, 11) is 1.49.